The second kappa shape index (κ2) is 2.96. The standard InChI is InChI=1S/C6H5FN2O2/c7-8-5-2-1-3-6(4-5)9(10)11/h1-4,8H. The molecule has 0 saturated carbocycles. The van der Waals surface area contributed by atoms with Gasteiger partial charge in [0.2, 0.25) is 0 Å². The summed E-state index contributed by atoms with van der Waals surface area (Å²) >= 11 is 0. The number of nitro benzene ring substituents is 1. The molecule has 0 heterocycles. The summed E-state index contributed by atoms with van der Waals surface area (Å²) in [5.41, 5.74) is 1.27. The molecular formula is C6H5FN2O2. The lowest BCUT2D eigenvalue weighted by Gasteiger charge is -1.94. The molecular weight excluding hydrogens is 151 g/mol. The summed E-state index contributed by atoms with van der Waals surface area (Å²) in [6.07, 6.45) is 0. The third-order valence-electron chi connectivity index (χ3n) is 1.17. The van der Waals surface area contributed by atoms with Gasteiger partial charge >= 0.3 is 0 Å². The van der Waals surface area contributed by atoms with E-state index in [4.69, 9.17) is 0 Å². The minimum atomic E-state index is -0.582. The largest absolute Gasteiger partial charge is 0.271 e. The summed E-state index contributed by atoms with van der Waals surface area (Å²) in [5, 5.41) is 10.1. The number of nitrogens with zero attached hydrogens (tertiary/aromatic N) is 1. The molecule has 0 aliphatic carbocycles. The highest BCUT2D eigenvalue weighted by Crippen LogP contribution is 2.16. The van der Waals surface area contributed by atoms with Crippen LogP contribution >= 0.6 is 0 Å². The van der Waals surface area contributed by atoms with Crippen LogP contribution in [0.2, 0.25) is 0 Å². The quantitative estimate of drug-likeness (QED) is 0.404. The van der Waals surface area contributed by atoms with Crippen molar-refractivity contribution in [2.45, 2.75) is 0 Å². The highest BCUT2D eigenvalue weighted by Gasteiger charge is 2.04. The van der Waals surface area contributed by atoms with E-state index in [9.17, 15) is 14.6 Å². The maximum absolute atomic E-state index is 11.7. The first-order chi connectivity index (χ1) is 5.24. The van der Waals surface area contributed by atoms with Crippen molar-refractivity contribution in [2.75, 3.05) is 5.54 Å². The van der Waals surface area contributed by atoms with Gasteiger partial charge in [0.1, 0.15) is 0 Å². The predicted molar refractivity (Wildman–Crippen MR) is 37.8 cm³/mol. The van der Waals surface area contributed by atoms with Crippen LogP contribution in [-0.4, -0.2) is 4.92 Å². The Labute approximate surface area is 61.7 Å². The van der Waals surface area contributed by atoms with Crippen molar-refractivity contribution >= 4 is 11.4 Å². The molecule has 1 aromatic rings. The number of non-ortho nitro benzene ring substituents is 1. The Morgan fingerprint density at radius 1 is 1.55 bits per heavy atom. The summed E-state index contributed by atoms with van der Waals surface area (Å²) in [4.78, 5) is 9.54. The fraction of sp³-hybridized carbons (Fsp3) is 0. The zero-order chi connectivity index (χ0) is 8.27. The normalized spacial score (nSPS) is 9.18. The summed E-state index contributed by atoms with van der Waals surface area (Å²) in [5.74, 6) is 0. The fourth-order valence-electron chi connectivity index (χ4n) is 0.678. The van der Waals surface area contributed by atoms with Crippen LogP contribution in [0, 0.1) is 10.1 Å². The first kappa shape index (κ1) is 7.46. The average Bonchev–Trinajstić information content (AvgIpc) is 2.05. The molecule has 0 amide bonds. The highest BCUT2D eigenvalue weighted by atomic mass is 19.2. The predicted octanol–water partition coefficient (Wildman–Crippen LogP) is 1.89. The van der Waals surface area contributed by atoms with E-state index in [0.717, 1.165) is 6.07 Å². The van der Waals surface area contributed by atoms with Crippen LogP contribution in [0.5, 0.6) is 0 Å². The number of rotatable bonds is 2. The maximum atomic E-state index is 11.7. The Hall–Kier alpha value is -1.65. The van der Waals surface area contributed by atoms with E-state index in [0.29, 0.717) is 0 Å². The van der Waals surface area contributed by atoms with Gasteiger partial charge in [-0.15, -0.1) is 4.48 Å². The van der Waals surface area contributed by atoms with Crippen LogP contribution in [0.25, 0.3) is 0 Å². The van der Waals surface area contributed by atoms with Gasteiger partial charge in [0.25, 0.3) is 5.69 Å². The number of halogens is 1. The Balaban J connectivity index is 3.01. The third-order valence-corrected chi connectivity index (χ3v) is 1.17. The Morgan fingerprint density at radius 3 is 2.82 bits per heavy atom. The first-order valence-electron chi connectivity index (χ1n) is 2.85. The van der Waals surface area contributed by atoms with E-state index in [1.807, 2.05) is 0 Å². The van der Waals surface area contributed by atoms with Crippen molar-refractivity contribution < 1.29 is 9.40 Å². The number of nitro groups is 1. The second-order valence-electron chi connectivity index (χ2n) is 1.90. The van der Waals surface area contributed by atoms with E-state index < -0.39 is 4.92 Å². The molecule has 0 unspecified atom stereocenters. The van der Waals surface area contributed by atoms with Crippen LogP contribution in [0.3, 0.4) is 0 Å². The van der Waals surface area contributed by atoms with Gasteiger partial charge in [0.15, 0.2) is 0 Å². The number of anilines is 1. The molecule has 0 saturated heterocycles. The molecule has 0 aromatic heterocycles. The Morgan fingerprint density at radius 2 is 2.27 bits per heavy atom. The van der Waals surface area contributed by atoms with Gasteiger partial charge in [-0.2, -0.15) is 0 Å². The van der Waals surface area contributed by atoms with Crippen molar-refractivity contribution in [3.8, 4) is 0 Å². The lowest BCUT2D eigenvalue weighted by atomic mass is 10.3. The molecule has 0 spiro atoms. The van der Waals surface area contributed by atoms with E-state index in [1.165, 1.54) is 23.7 Å². The van der Waals surface area contributed by atoms with E-state index in [1.54, 1.807) is 0 Å². The lowest BCUT2D eigenvalue weighted by Crippen LogP contribution is -1.88. The summed E-state index contributed by atoms with van der Waals surface area (Å²) in [6, 6.07) is 5.20. The molecule has 11 heavy (non-hydrogen) atoms. The number of nitrogens with one attached hydrogen (secondary N) is 1. The minimum absolute atomic E-state index is 0.0826. The molecule has 58 valence electrons. The molecule has 5 heteroatoms. The molecule has 0 fully saturated rings. The topological polar surface area (TPSA) is 55.2 Å². The summed E-state index contributed by atoms with van der Waals surface area (Å²) in [6.45, 7) is 0. The van der Waals surface area contributed by atoms with Crippen LogP contribution in [0.4, 0.5) is 15.9 Å². The molecule has 0 radical (unpaired) electrons. The molecule has 0 aliphatic rings. The molecule has 0 atom stereocenters. The molecule has 0 aliphatic heterocycles. The Bertz CT molecular complexity index is 277. The van der Waals surface area contributed by atoms with Gasteiger partial charge in [-0.3, -0.25) is 10.1 Å². The molecule has 1 aromatic carbocycles. The van der Waals surface area contributed by atoms with Crippen LogP contribution in [0.1, 0.15) is 0 Å². The van der Waals surface area contributed by atoms with Crippen molar-refractivity contribution in [3.05, 3.63) is 34.4 Å². The zero-order valence-corrected chi connectivity index (χ0v) is 5.45. The van der Waals surface area contributed by atoms with E-state index >= 15 is 0 Å². The zero-order valence-electron chi connectivity index (χ0n) is 5.45. The SMILES string of the molecule is O=[N+]([O-])c1cccc(NF)c1. The van der Waals surface area contributed by atoms with Crippen LogP contribution < -0.4 is 5.54 Å². The van der Waals surface area contributed by atoms with Crippen LogP contribution in [-0.2, 0) is 0 Å². The van der Waals surface area contributed by atoms with Gasteiger partial charge in [0.05, 0.1) is 10.6 Å². The van der Waals surface area contributed by atoms with Gasteiger partial charge < -0.3 is 0 Å². The average molecular weight is 156 g/mol. The van der Waals surface area contributed by atoms with E-state index in [-0.39, 0.29) is 11.4 Å². The summed E-state index contributed by atoms with van der Waals surface area (Å²) < 4.78 is 11.7. The number of hydrogen-bond donors (Lipinski definition) is 1. The van der Waals surface area contributed by atoms with Crippen molar-refractivity contribution in [1.82, 2.24) is 0 Å². The number of hydrogen-bond acceptors (Lipinski definition) is 3. The monoisotopic (exact) mass is 156 g/mol. The van der Waals surface area contributed by atoms with Crippen molar-refractivity contribution in [2.24, 2.45) is 0 Å². The van der Waals surface area contributed by atoms with Gasteiger partial charge in [0, 0.05) is 12.1 Å². The highest BCUT2D eigenvalue weighted by molar-refractivity contribution is 5.49. The van der Waals surface area contributed by atoms with E-state index in [2.05, 4.69) is 0 Å². The summed E-state index contributed by atoms with van der Waals surface area (Å²) in [7, 11) is 0. The third kappa shape index (κ3) is 1.64. The van der Waals surface area contributed by atoms with Gasteiger partial charge in [-0.05, 0) is 6.07 Å². The molecule has 0 bridgehead atoms. The lowest BCUT2D eigenvalue weighted by molar-refractivity contribution is -0.384. The van der Waals surface area contributed by atoms with Crippen LogP contribution in [0.15, 0.2) is 24.3 Å². The van der Waals surface area contributed by atoms with Gasteiger partial charge in [-0.1, -0.05) is 6.07 Å². The minimum Gasteiger partial charge on any atom is -0.258 e. The maximum Gasteiger partial charge on any atom is 0.271 e. The number of benzene rings is 1. The smallest absolute Gasteiger partial charge is 0.258 e. The van der Waals surface area contributed by atoms with Crippen molar-refractivity contribution in [3.63, 3.8) is 0 Å². The van der Waals surface area contributed by atoms with Gasteiger partial charge in [-0.25, -0.2) is 5.54 Å². The molecule has 1 N–H and O–H groups in total. The molecule has 1 rings (SSSR count). The Kier molecular flexibility index (Phi) is 2.00. The fourth-order valence-corrected chi connectivity index (χ4v) is 0.678. The van der Waals surface area contributed by atoms with Crippen molar-refractivity contribution in [1.29, 1.82) is 0 Å². The molecule has 4 nitrogen and oxygen atoms in total. The first-order valence-corrected chi connectivity index (χ1v) is 2.85. The second-order valence-corrected chi connectivity index (χ2v) is 1.90.